The minimum Gasteiger partial charge on any atom is -0.477 e. The van der Waals surface area contributed by atoms with Gasteiger partial charge in [-0.2, -0.15) is 0 Å². The van der Waals surface area contributed by atoms with E-state index in [9.17, 15) is 19.5 Å². The predicted molar refractivity (Wildman–Crippen MR) is 275 cm³/mol. The number of carboxylic acid groups (broad SMARTS) is 1. The van der Waals surface area contributed by atoms with Gasteiger partial charge in [0.05, 0.1) is 34.4 Å². The van der Waals surface area contributed by atoms with Gasteiger partial charge in [-0.25, -0.2) is 4.79 Å². The van der Waals surface area contributed by atoms with Gasteiger partial charge in [0.25, 0.3) is 0 Å². The number of hydrogen-bond acceptors (Lipinski definition) is 6. The van der Waals surface area contributed by atoms with Crippen LogP contribution in [0, 0.1) is 0 Å². The standard InChI is InChI=1S/C57H91NO7/c1-6-8-10-12-14-16-18-20-22-24-26-28-30-31-33-35-37-39-41-43-45-47-55(59)64-52-53(51-63-50-49-54(57(61)62)58(3,4)5)65-56(60)48-46-44-42-40-38-36-34-32-29-27-25-23-21-19-17-15-13-11-9-7-2/h8-11,14-17,20-23,26-29,31,33,37,39,53-54H,6-7,12-13,18-19,24-25,30,32,34-36,38,40-52H2,1-5H3/p+1/b10-8+,11-9+,16-14+,17-15+,22-20+,23-21+,28-26+,29-27+,33-31+,39-37+. The molecular formula is C57H92NO7+. The summed E-state index contributed by atoms with van der Waals surface area (Å²) in [5, 5.41) is 9.65. The van der Waals surface area contributed by atoms with Crippen LogP contribution in [0.2, 0.25) is 0 Å². The Kier molecular flexibility index (Phi) is 43.2. The van der Waals surface area contributed by atoms with Crippen molar-refractivity contribution >= 4 is 17.9 Å². The molecule has 0 aliphatic carbocycles. The van der Waals surface area contributed by atoms with Crippen LogP contribution in [0.15, 0.2) is 122 Å². The summed E-state index contributed by atoms with van der Waals surface area (Å²) in [5.41, 5.74) is 0. The van der Waals surface area contributed by atoms with Crippen LogP contribution in [0.4, 0.5) is 0 Å². The topological polar surface area (TPSA) is 99.1 Å². The molecule has 0 aromatic rings. The number of nitrogens with zero attached hydrogens (tertiary/aromatic N) is 1. The molecule has 0 bridgehead atoms. The fraction of sp³-hybridized carbons (Fsp3) is 0.596. The van der Waals surface area contributed by atoms with Gasteiger partial charge in [0, 0.05) is 19.3 Å². The van der Waals surface area contributed by atoms with Crippen LogP contribution in [-0.4, -0.2) is 80.6 Å². The van der Waals surface area contributed by atoms with Crippen LogP contribution in [0.3, 0.4) is 0 Å². The van der Waals surface area contributed by atoms with Gasteiger partial charge in [0.1, 0.15) is 6.61 Å². The first-order valence-electron chi connectivity index (χ1n) is 25.1. The Labute approximate surface area is 397 Å². The number of rotatable bonds is 43. The molecule has 8 heteroatoms. The third kappa shape index (κ3) is 44.7. The number of carbonyl (C=O) groups is 3. The summed E-state index contributed by atoms with van der Waals surface area (Å²) in [4.78, 5) is 37.2. The van der Waals surface area contributed by atoms with Crippen LogP contribution in [0.5, 0.6) is 0 Å². The number of carbonyl (C=O) groups excluding carboxylic acids is 2. The van der Waals surface area contributed by atoms with Crippen LogP contribution < -0.4 is 0 Å². The van der Waals surface area contributed by atoms with E-state index in [2.05, 4.69) is 135 Å². The van der Waals surface area contributed by atoms with E-state index in [4.69, 9.17) is 14.2 Å². The van der Waals surface area contributed by atoms with Crippen molar-refractivity contribution < 1.29 is 38.2 Å². The number of ether oxygens (including phenoxy) is 3. The minimum atomic E-state index is -0.888. The molecule has 0 aromatic heterocycles. The normalized spacial score (nSPS) is 13.9. The number of likely N-dealkylation sites (N-methyl/N-ethyl adjacent to an activating group) is 1. The van der Waals surface area contributed by atoms with Crippen molar-refractivity contribution in [2.75, 3.05) is 41.0 Å². The summed E-state index contributed by atoms with van der Waals surface area (Å²) in [6.45, 7) is 4.43. The number of unbranched alkanes of at least 4 members (excludes halogenated alkanes) is 9. The van der Waals surface area contributed by atoms with Crippen molar-refractivity contribution in [1.82, 2.24) is 0 Å². The van der Waals surface area contributed by atoms with E-state index in [1.54, 1.807) is 0 Å². The zero-order chi connectivity index (χ0) is 47.7. The summed E-state index contributed by atoms with van der Waals surface area (Å²) >= 11 is 0. The third-order valence-corrected chi connectivity index (χ3v) is 10.4. The molecule has 0 saturated heterocycles. The second kappa shape index (κ2) is 46.3. The van der Waals surface area contributed by atoms with Gasteiger partial charge in [0.15, 0.2) is 12.1 Å². The average molecular weight is 903 g/mol. The predicted octanol–water partition coefficient (Wildman–Crippen LogP) is 14.6. The van der Waals surface area contributed by atoms with Gasteiger partial charge in [-0.3, -0.25) is 9.59 Å². The van der Waals surface area contributed by atoms with Crippen molar-refractivity contribution in [3.63, 3.8) is 0 Å². The zero-order valence-electron chi connectivity index (χ0n) is 41.6. The van der Waals surface area contributed by atoms with Crippen LogP contribution in [0.25, 0.3) is 0 Å². The van der Waals surface area contributed by atoms with Crippen molar-refractivity contribution in [3.8, 4) is 0 Å². The van der Waals surface area contributed by atoms with Crippen molar-refractivity contribution in [2.45, 2.75) is 180 Å². The summed E-state index contributed by atoms with van der Waals surface area (Å²) in [6, 6.07) is -0.632. The zero-order valence-corrected chi connectivity index (χ0v) is 41.6. The molecule has 0 amide bonds. The molecule has 2 unspecified atom stereocenters. The van der Waals surface area contributed by atoms with Gasteiger partial charge in [-0.15, -0.1) is 0 Å². The Bertz CT molecular complexity index is 1470. The number of aliphatic carboxylic acids is 1. The van der Waals surface area contributed by atoms with E-state index in [1.165, 1.54) is 19.3 Å². The lowest BCUT2D eigenvalue weighted by Gasteiger charge is -2.31. The molecule has 1 N–H and O–H groups in total. The Morgan fingerprint density at radius 3 is 1.23 bits per heavy atom. The summed E-state index contributed by atoms with van der Waals surface area (Å²) in [7, 11) is 5.50. The molecule has 0 saturated carbocycles. The van der Waals surface area contributed by atoms with E-state index in [-0.39, 0.29) is 36.2 Å². The van der Waals surface area contributed by atoms with Crippen LogP contribution >= 0.6 is 0 Å². The lowest BCUT2D eigenvalue weighted by Crippen LogP contribution is -2.50. The molecule has 0 aliphatic rings. The Hall–Kier alpha value is -4.27. The summed E-state index contributed by atoms with van der Waals surface area (Å²) < 4.78 is 17.3. The third-order valence-electron chi connectivity index (χ3n) is 10.4. The second-order valence-electron chi connectivity index (χ2n) is 17.3. The van der Waals surface area contributed by atoms with Gasteiger partial charge in [0.2, 0.25) is 0 Å². The number of allylic oxidation sites excluding steroid dienone is 20. The summed E-state index contributed by atoms with van der Waals surface area (Å²) in [6.07, 6.45) is 65.3. The first kappa shape index (κ1) is 60.7. The molecule has 0 heterocycles. The van der Waals surface area contributed by atoms with E-state index in [0.29, 0.717) is 25.7 Å². The maximum atomic E-state index is 12.8. The Morgan fingerprint density at radius 1 is 0.462 bits per heavy atom. The molecule has 0 radical (unpaired) electrons. The molecule has 366 valence electrons. The molecular weight excluding hydrogens is 811 g/mol. The van der Waals surface area contributed by atoms with Gasteiger partial charge in [-0.1, -0.05) is 167 Å². The molecule has 0 aromatic carbocycles. The molecule has 0 rings (SSSR count). The number of esters is 2. The number of quaternary nitrogens is 1. The highest BCUT2D eigenvalue weighted by atomic mass is 16.6. The quantitative estimate of drug-likeness (QED) is 0.0282. The van der Waals surface area contributed by atoms with Crippen LogP contribution in [0.1, 0.15) is 168 Å². The van der Waals surface area contributed by atoms with Gasteiger partial charge >= 0.3 is 17.9 Å². The maximum Gasteiger partial charge on any atom is 0.362 e. The smallest absolute Gasteiger partial charge is 0.362 e. The van der Waals surface area contributed by atoms with E-state index >= 15 is 0 Å². The largest absolute Gasteiger partial charge is 0.477 e. The summed E-state index contributed by atoms with van der Waals surface area (Å²) in [5.74, 6) is -1.55. The monoisotopic (exact) mass is 903 g/mol. The SMILES string of the molecule is CC/C=C/C/C=C/C/C=C/C/C=C/C/C=C/C/C=C/CCCCC(=O)OCC(COCCC(C(=O)O)[N+](C)(C)C)OC(=O)CCCCCCCCC/C=C/C/C=C/C/C=C/C/C=C/CC. The number of carboxylic acids is 1. The first-order valence-corrected chi connectivity index (χ1v) is 25.1. The minimum absolute atomic E-state index is 0.0338. The number of hydrogen-bond donors (Lipinski definition) is 1. The average Bonchev–Trinajstić information content (AvgIpc) is 3.27. The lowest BCUT2D eigenvalue weighted by molar-refractivity contribution is -0.887. The molecule has 0 spiro atoms. The van der Waals surface area contributed by atoms with E-state index in [0.717, 1.165) is 109 Å². The second-order valence-corrected chi connectivity index (χ2v) is 17.3. The molecule has 2 atom stereocenters. The van der Waals surface area contributed by atoms with Crippen molar-refractivity contribution in [2.24, 2.45) is 0 Å². The molecule has 0 aliphatic heterocycles. The van der Waals surface area contributed by atoms with Gasteiger partial charge < -0.3 is 23.8 Å². The first-order chi connectivity index (χ1) is 31.6. The molecule has 8 nitrogen and oxygen atoms in total. The van der Waals surface area contributed by atoms with E-state index < -0.39 is 18.1 Å². The highest BCUT2D eigenvalue weighted by molar-refractivity contribution is 5.72. The maximum absolute atomic E-state index is 12.8. The molecule has 0 fully saturated rings. The highest BCUT2D eigenvalue weighted by Crippen LogP contribution is 2.13. The fourth-order valence-electron chi connectivity index (χ4n) is 6.55. The van der Waals surface area contributed by atoms with Crippen molar-refractivity contribution in [3.05, 3.63) is 122 Å². The Balaban J connectivity index is 4.40. The van der Waals surface area contributed by atoms with E-state index in [1.807, 2.05) is 21.1 Å². The van der Waals surface area contributed by atoms with Crippen molar-refractivity contribution in [1.29, 1.82) is 0 Å². The Morgan fingerprint density at radius 2 is 0.815 bits per heavy atom. The highest BCUT2D eigenvalue weighted by Gasteiger charge is 2.31. The van der Waals surface area contributed by atoms with Crippen LogP contribution in [-0.2, 0) is 28.6 Å². The lowest BCUT2D eigenvalue weighted by atomic mass is 10.1. The molecule has 65 heavy (non-hydrogen) atoms. The fourth-order valence-corrected chi connectivity index (χ4v) is 6.55. The van der Waals surface area contributed by atoms with Gasteiger partial charge in [-0.05, 0) is 103 Å².